The van der Waals surface area contributed by atoms with E-state index in [9.17, 15) is 19.5 Å². The fourth-order valence-electron chi connectivity index (χ4n) is 2.13. The molecule has 0 aliphatic heterocycles. The van der Waals surface area contributed by atoms with Crippen molar-refractivity contribution in [2.45, 2.75) is 78.0 Å². The van der Waals surface area contributed by atoms with Crippen LogP contribution >= 0.6 is 0 Å². The molecule has 2 amide bonds. The van der Waals surface area contributed by atoms with E-state index < -0.39 is 35.7 Å². The van der Waals surface area contributed by atoms with Gasteiger partial charge in [-0.05, 0) is 52.4 Å². The summed E-state index contributed by atoms with van der Waals surface area (Å²) < 4.78 is 5.10. The molecule has 25 heavy (non-hydrogen) atoms. The van der Waals surface area contributed by atoms with Gasteiger partial charge in [-0.2, -0.15) is 0 Å². The molecule has 2 atom stereocenters. The van der Waals surface area contributed by atoms with Crippen LogP contribution in [0.4, 0.5) is 4.79 Å². The van der Waals surface area contributed by atoms with Crippen LogP contribution < -0.4 is 16.4 Å². The summed E-state index contributed by atoms with van der Waals surface area (Å²) >= 11 is 0. The standard InChI is InChI=1S/C17H33N3O5/c1-11(2)10-12(18)14(21)20-13(15(22)23)8-6-7-9-19-16(24)25-17(3,4)5/h11-13H,6-10,18H2,1-5H3,(H,19,24)(H,20,21)(H,22,23)/t12-,13-/m0/s1. The van der Waals surface area contributed by atoms with E-state index in [1.165, 1.54) is 0 Å². The van der Waals surface area contributed by atoms with Crippen molar-refractivity contribution >= 4 is 18.0 Å². The van der Waals surface area contributed by atoms with Crippen LogP contribution in [0.25, 0.3) is 0 Å². The lowest BCUT2D eigenvalue weighted by atomic mass is 10.0. The highest BCUT2D eigenvalue weighted by Crippen LogP contribution is 2.07. The summed E-state index contributed by atoms with van der Waals surface area (Å²) in [5.74, 6) is -1.29. The van der Waals surface area contributed by atoms with Crippen LogP contribution in [-0.2, 0) is 14.3 Å². The molecule has 8 heteroatoms. The third-order valence-electron chi connectivity index (χ3n) is 3.26. The van der Waals surface area contributed by atoms with E-state index in [2.05, 4.69) is 10.6 Å². The number of carbonyl (C=O) groups is 3. The third kappa shape index (κ3) is 12.2. The number of carbonyl (C=O) groups excluding carboxylic acids is 2. The van der Waals surface area contributed by atoms with Crippen LogP contribution in [0.3, 0.4) is 0 Å². The molecule has 0 heterocycles. The molecule has 0 rings (SSSR count). The normalized spacial score (nSPS) is 13.9. The smallest absolute Gasteiger partial charge is 0.407 e. The molecule has 0 saturated heterocycles. The van der Waals surface area contributed by atoms with Gasteiger partial charge in [0.1, 0.15) is 11.6 Å². The van der Waals surface area contributed by atoms with Gasteiger partial charge in [0.25, 0.3) is 0 Å². The van der Waals surface area contributed by atoms with Gasteiger partial charge in [0.15, 0.2) is 0 Å². The zero-order valence-electron chi connectivity index (χ0n) is 15.9. The SMILES string of the molecule is CC(C)C[C@H](N)C(=O)N[C@@H](CCCCNC(=O)OC(C)(C)C)C(=O)O. The van der Waals surface area contributed by atoms with E-state index in [0.29, 0.717) is 25.8 Å². The van der Waals surface area contributed by atoms with E-state index in [0.717, 1.165) is 0 Å². The summed E-state index contributed by atoms with van der Waals surface area (Å²) in [6.07, 6.45) is 1.38. The van der Waals surface area contributed by atoms with Crippen molar-refractivity contribution in [3.05, 3.63) is 0 Å². The van der Waals surface area contributed by atoms with E-state index in [1.54, 1.807) is 20.8 Å². The lowest BCUT2D eigenvalue weighted by Crippen LogP contribution is -2.48. The number of rotatable bonds is 10. The first-order chi connectivity index (χ1) is 11.4. The molecule has 0 bridgehead atoms. The van der Waals surface area contributed by atoms with Gasteiger partial charge >= 0.3 is 12.1 Å². The number of carboxylic acids is 1. The highest BCUT2D eigenvalue weighted by Gasteiger charge is 2.23. The Hall–Kier alpha value is -1.83. The Labute approximate surface area is 149 Å². The quantitative estimate of drug-likeness (QED) is 0.438. The van der Waals surface area contributed by atoms with Gasteiger partial charge < -0.3 is 26.2 Å². The molecular formula is C17H33N3O5. The highest BCUT2D eigenvalue weighted by molar-refractivity contribution is 5.86. The average molecular weight is 359 g/mol. The molecule has 0 fully saturated rings. The van der Waals surface area contributed by atoms with Crippen LogP contribution in [0, 0.1) is 5.92 Å². The van der Waals surface area contributed by atoms with E-state index in [1.807, 2.05) is 13.8 Å². The molecule has 0 aliphatic carbocycles. The molecule has 0 unspecified atom stereocenters. The molecule has 0 aromatic carbocycles. The summed E-state index contributed by atoms with van der Waals surface area (Å²) in [4.78, 5) is 34.7. The minimum absolute atomic E-state index is 0.253. The summed E-state index contributed by atoms with van der Waals surface area (Å²) in [6, 6.07) is -1.69. The van der Waals surface area contributed by atoms with Crippen LogP contribution in [0.5, 0.6) is 0 Å². The molecule has 0 radical (unpaired) electrons. The number of nitrogens with one attached hydrogen (secondary N) is 2. The van der Waals surface area contributed by atoms with Gasteiger partial charge in [0, 0.05) is 6.54 Å². The average Bonchev–Trinajstić information content (AvgIpc) is 2.42. The zero-order valence-corrected chi connectivity index (χ0v) is 15.9. The lowest BCUT2D eigenvalue weighted by Gasteiger charge is -2.20. The molecule has 0 spiro atoms. The molecule has 5 N–H and O–H groups in total. The molecule has 0 saturated carbocycles. The molecular weight excluding hydrogens is 326 g/mol. The number of unbranched alkanes of at least 4 members (excludes halogenated alkanes) is 1. The number of nitrogens with two attached hydrogens (primary N) is 1. The van der Waals surface area contributed by atoms with Gasteiger partial charge in [-0.1, -0.05) is 13.8 Å². The molecule has 0 aromatic rings. The number of carboxylic acid groups (broad SMARTS) is 1. The van der Waals surface area contributed by atoms with Gasteiger partial charge in [0.2, 0.25) is 5.91 Å². The van der Waals surface area contributed by atoms with Gasteiger partial charge in [0.05, 0.1) is 6.04 Å². The number of ether oxygens (including phenoxy) is 1. The van der Waals surface area contributed by atoms with Crippen molar-refractivity contribution < 1.29 is 24.2 Å². The Kier molecular flexibility index (Phi) is 10.1. The third-order valence-corrected chi connectivity index (χ3v) is 3.26. The van der Waals surface area contributed by atoms with Gasteiger partial charge in [-0.25, -0.2) is 9.59 Å². The van der Waals surface area contributed by atoms with Crippen LogP contribution in [-0.4, -0.2) is 47.3 Å². The topological polar surface area (TPSA) is 131 Å². The number of hydrogen-bond donors (Lipinski definition) is 4. The van der Waals surface area contributed by atoms with Crippen molar-refractivity contribution in [3.8, 4) is 0 Å². The summed E-state index contributed by atoms with van der Waals surface area (Å²) in [6.45, 7) is 9.59. The zero-order chi connectivity index (χ0) is 19.6. The van der Waals surface area contributed by atoms with Crippen molar-refractivity contribution in [2.24, 2.45) is 11.7 Å². The lowest BCUT2D eigenvalue weighted by molar-refractivity contribution is -0.142. The maximum atomic E-state index is 11.9. The Balaban J connectivity index is 4.15. The highest BCUT2D eigenvalue weighted by atomic mass is 16.6. The number of amides is 2. The van der Waals surface area contributed by atoms with Gasteiger partial charge in [-0.3, -0.25) is 4.79 Å². The molecule has 8 nitrogen and oxygen atoms in total. The maximum Gasteiger partial charge on any atom is 0.407 e. The first-order valence-electron chi connectivity index (χ1n) is 8.68. The van der Waals surface area contributed by atoms with Crippen molar-refractivity contribution in [3.63, 3.8) is 0 Å². The monoisotopic (exact) mass is 359 g/mol. The predicted octanol–water partition coefficient (Wildman–Crippen LogP) is 1.62. The Morgan fingerprint density at radius 1 is 1.16 bits per heavy atom. The van der Waals surface area contributed by atoms with Crippen molar-refractivity contribution in [1.82, 2.24) is 10.6 Å². The first kappa shape index (κ1) is 23.2. The Bertz CT molecular complexity index is 446. The van der Waals surface area contributed by atoms with E-state index in [4.69, 9.17) is 10.5 Å². The second kappa shape index (κ2) is 10.9. The number of alkyl carbamates (subject to hydrolysis) is 1. The van der Waals surface area contributed by atoms with Gasteiger partial charge in [-0.15, -0.1) is 0 Å². The fraction of sp³-hybridized carbons (Fsp3) is 0.824. The maximum absolute atomic E-state index is 11.9. The minimum Gasteiger partial charge on any atom is -0.480 e. The minimum atomic E-state index is -1.09. The van der Waals surface area contributed by atoms with Crippen LogP contribution in [0.1, 0.15) is 60.3 Å². The molecule has 146 valence electrons. The largest absolute Gasteiger partial charge is 0.480 e. The Morgan fingerprint density at radius 3 is 2.24 bits per heavy atom. The van der Waals surface area contributed by atoms with E-state index >= 15 is 0 Å². The Morgan fingerprint density at radius 2 is 1.76 bits per heavy atom. The summed E-state index contributed by atoms with van der Waals surface area (Å²) in [5.41, 5.74) is 5.20. The fourth-order valence-corrected chi connectivity index (χ4v) is 2.13. The number of hydrogen-bond acceptors (Lipinski definition) is 5. The second-order valence-electron chi connectivity index (χ2n) is 7.56. The predicted molar refractivity (Wildman–Crippen MR) is 95.1 cm³/mol. The summed E-state index contributed by atoms with van der Waals surface area (Å²) in [7, 11) is 0. The summed E-state index contributed by atoms with van der Waals surface area (Å²) in [5, 5.41) is 14.3. The van der Waals surface area contributed by atoms with Crippen LogP contribution in [0.2, 0.25) is 0 Å². The van der Waals surface area contributed by atoms with E-state index in [-0.39, 0.29) is 12.3 Å². The number of aliphatic carboxylic acids is 1. The first-order valence-corrected chi connectivity index (χ1v) is 8.68. The van der Waals surface area contributed by atoms with Crippen molar-refractivity contribution in [2.75, 3.05) is 6.54 Å². The van der Waals surface area contributed by atoms with Crippen LogP contribution in [0.15, 0.2) is 0 Å². The second-order valence-corrected chi connectivity index (χ2v) is 7.56. The molecule has 0 aromatic heterocycles. The van der Waals surface area contributed by atoms with Crippen molar-refractivity contribution in [1.29, 1.82) is 0 Å². The molecule has 0 aliphatic rings.